The molecule has 0 saturated heterocycles. The van der Waals surface area contributed by atoms with Gasteiger partial charge in [0.05, 0.1) is 9.93 Å². The van der Waals surface area contributed by atoms with Crippen LogP contribution in [0.1, 0.15) is 21.6 Å². The highest BCUT2D eigenvalue weighted by molar-refractivity contribution is 7.90. The van der Waals surface area contributed by atoms with Crippen LogP contribution < -0.4 is 0 Å². The molecule has 0 saturated carbocycles. The first-order chi connectivity index (χ1) is 12.6. The van der Waals surface area contributed by atoms with Gasteiger partial charge in [-0.3, -0.25) is 9.78 Å². The summed E-state index contributed by atoms with van der Waals surface area (Å²) in [5.41, 5.74) is 2.15. The van der Waals surface area contributed by atoms with E-state index in [1.165, 1.54) is 18.3 Å². The number of benzene rings is 1. The summed E-state index contributed by atoms with van der Waals surface area (Å²) in [6.45, 7) is 1.84. The van der Waals surface area contributed by atoms with E-state index in [1.54, 1.807) is 41.4 Å². The fraction of sp³-hybridized carbons (Fsp3) is 0.200. The van der Waals surface area contributed by atoms with Crippen LogP contribution in [0.15, 0.2) is 64.8 Å². The third-order valence-electron chi connectivity index (χ3n) is 3.68. The van der Waals surface area contributed by atoms with E-state index >= 15 is 0 Å². The number of hydrogen-bond donors (Lipinski definition) is 0. The summed E-state index contributed by atoms with van der Waals surface area (Å²) >= 11 is 6.26. The van der Waals surface area contributed by atoms with E-state index in [0.29, 0.717) is 21.7 Å². The monoisotopic (exact) mass is 404 g/mol. The zero-order valence-electron chi connectivity index (χ0n) is 15.6. The second kappa shape index (κ2) is 8.50. The van der Waals surface area contributed by atoms with Crippen molar-refractivity contribution in [2.45, 2.75) is 11.8 Å². The predicted molar refractivity (Wildman–Crippen MR) is 108 cm³/mol. The van der Waals surface area contributed by atoms with Gasteiger partial charge in [0.1, 0.15) is 0 Å². The number of pyridine rings is 1. The summed E-state index contributed by atoms with van der Waals surface area (Å²) in [5.74, 6) is -0.250. The van der Waals surface area contributed by atoms with Gasteiger partial charge in [-0.15, -0.1) is 0 Å². The maximum atomic E-state index is 13.0. The van der Waals surface area contributed by atoms with Crippen LogP contribution in [0.5, 0.6) is 0 Å². The van der Waals surface area contributed by atoms with E-state index in [2.05, 4.69) is 4.98 Å². The van der Waals surface area contributed by atoms with E-state index in [1.807, 2.05) is 21.0 Å². The molecule has 0 aliphatic carbocycles. The van der Waals surface area contributed by atoms with Gasteiger partial charge in [-0.1, -0.05) is 23.7 Å². The molecule has 0 aliphatic heterocycles. The molecule has 0 N–H and O–H groups in total. The molecule has 0 fully saturated rings. The van der Waals surface area contributed by atoms with Crippen molar-refractivity contribution in [2.24, 2.45) is 0 Å². The Labute approximate surface area is 164 Å². The molecule has 1 aromatic carbocycles. The number of hydrogen-bond acceptors (Lipinski definition) is 5. The summed E-state index contributed by atoms with van der Waals surface area (Å²) < 4.78 is 23.3. The molecule has 1 heterocycles. The molecule has 0 unspecified atom stereocenters. The lowest BCUT2D eigenvalue weighted by atomic mass is 9.97. The first-order valence-corrected chi connectivity index (χ1v) is 10.4. The first kappa shape index (κ1) is 20.9. The van der Waals surface area contributed by atoms with Gasteiger partial charge < -0.3 is 4.90 Å². The molecule has 0 atom stereocenters. The van der Waals surface area contributed by atoms with Crippen LogP contribution in [-0.4, -0.2) is 44.4 Å². The van der Waals surface area contributed by atoms with Crippen LogP contribution in [0, 0.1) is 6.92 Å². The van der Waals surface area contributed by atoms with E-state index in [9.17, 15) is 13.2 Å². The molecule has 0 bridgehead atoms. The van der Waals surface area contributed by atoms with Crippen LogP contribution in [-0.2, 0) is 9.84 Å². The molecule has 2 aromatic rings. The number of carbonyl (C=O) groups is 1. The molecular formula is C20H21ClN2O3S. The minimum absolute atomic E-state index is 0.185. The van der Waals surface area contributed by atoms with Crippen molar-refractivity contribution in [3.63, 3.8) is 0 Å². The smallest absolute Gasteiger partial charge is 0.195 e. The minimum Gasteiger partial charge on any atom is -0.382 e. The third-order valence-corrected chi connectivity index (χ3v) is 5.01. The van der Waals surface area contributed by atoms with Crippen molar-refractivity contribution in [3.8, 4) is 0 Å². The molecule has 2 rings (SSSR count). The summed E-state index contributed by atoms with van der Waals surface area (Å²) in [6.07, 6.45) is 5.89. The average molecular weight is 405 g/mol. The van der Waals surface area contributed by atoms with Gasteiger partial charge >= 0.3 is 0 Å². The third kappa shape index (κ3) is 5.77. The van der Waals surface area contributed by atoms with Crippen LogP contribution in [0.2, 0.25) is 0 Å². The van der Waals surface area contributed by atoms with Crippen LogP contribution in [0.4, 0.5) is 0 Å². The highest BCUT2D eigenvalue weighted by Crippen LogP contribution is 2.24. The normalized spacial score (nSPS) is 12.8. The molecular weight excluding hydrogens is 384 g/mol. The Morgan fingerprint density at radius 2 is 1.67 bits per heavy atom. The number of aromatic nitrogens is 1. The lowest BCUT2D eigenvalue weighted by molar-refractivity contribution is 0.105. The van der Waals surface area contributed by atoms with Gasteiger partial charge in [-0.25, -0.2) is 8.42 Å². The summed E-state index contributed by atoms with van der Waals surface area (Å²) in [4.78, 5) is 19.2. The van der Waals surface area contributed by atoms with E-state index in [-0.39, 0.29) is 10.7 Å². The Morgan fingerprint density at radius 3 is 2.15 bits per heavy atom. The molecule has 142 valence electrons. The Bertz CT molecular complexity index is 991. The Balaban J connectivity index is 2.54. The van der Waals surface area contributed by atoms with E-state index in [0.717, 1.165) is 11.9 Å². The average Bonchev–Trinajstić information content (AvgIpc) is 2.58. The van der Waals surface area contributed by atoms with Crippen LogP contribution >= 0.6 is 11.6 Å². The highest BCUT2D eigenvalue weighted by Gasteiger charge is 2.16. The lowest BCUT2D eigenvalue weighted by Crippen LogP contribution is -2.06. The lowest BCUT2D eigenvalue weighted by Gasteiger charge is -2.10. The van der Waals surface area contributed by atoms with Crippen LogP contribution in [0.25, 0.3) is 5.57 Å². The van der Waals surface area contributed by atoms with E-state index in [4.69, 9.17) is 11.6 Å². The van der Waals surface area contributed by atoms with Gasteiger partial charge in [0.15, 0.2) is 15.6 Å². The second-order valence-corrected chi connectivity index (χ2v) is 8.80. The molecule has 7 heteroatoms. The maximum absolute atomic E-state index is 13.0. The Hall–Kier alpha value is -2.44. The number of sulfone groups is 1. The number of ketones is 1. The fourth-order valence-corrected chi connectivity index (χ4v) is 3.28. The number of allylic oxidation sites excluding steroid dienone is 3. The molecule has 0 spiro atoms. The molecule has 27 heavy (non-hydrogen) atoms. The minimum atomic E-state index is -3.32. The van der Waals surface area contributed by atoms with Gasteiger partial charge in [-0.05, 0) is 42.8 Å². The van der Waals surface area contributed by atoms with Gasteiger partial charge in [0.25, 0.3) is 0 Å². The van der Waals surface area contributed by atoms with Crippen LogP contribution in [0.3, 0.4) is 0 Å². The number of aryl methyl sites for hydroxylation is 1. The maximum Gasteiger partial charge on any atom is 0.195 e. The first-order valence-electron chi connectivity index (χ1n) is 8.11. The zero-order chi connectivity index (χ0) is 20.2. The topological polar surface area (TPSA) is 67.3 Å². The van der Waals surface area contributed by atoms with Crippen molar-refractivity contribution in [2.75, 3.05) is 20.4 Å². The SMILES string of the molecule is Cc1ccc(C(=O)/C(=C\C(Cl)=C\N(C)C)c2ccc(S(C)(=O)=O)cc2)cn1. The number of rotatable bonds is 6. The largest absolute Gasteiger partial charge is 0.382 e. The molecule has 0 radical (unpaired) electrons. The number of Topliss-reactive ketones (excluding diaryl/α,β-unsaturated/α-hetero) is 1. The Morgan fingerprint density at radius 1 is 1.07 bits per heavy atom. The van der Waals surface area contributed by atoms with Crippen molar-refractivity contribution < 1.29 is 13.2 Å². The highest BCUT2D eigenvalue weighted by atomic mass is 35.5. The Kier molecular flexibility index (Phi) is 6.57. The van der Waals surface area contributed by atoms with Crippen molar-refractivity contribution in [3.05, 3.63) is 76.7 Å². The summed E-state index contributed by atoms with van der Waals surface area (Å²) in [7, 11) is 0.324. The second-order valence-electron chi connectivity index (χ2n) is 6.35. The molecule has 1 aromatic heterocycles. The summed E-state index contributed by atoms with van der Waals surface area (Å²) in [6, 6.07) is 9.61. The fourth-order valence-electron chi connectivity index (χ4n) is 2.34. The van der Waals surface area contributed by atoms with Crippen molar-refractivity contribution in [1.29, 1.82) is 0 Å². The molecule has 0 aliphatic rings. The van der Waals surface area contributed by atoms with Gasteiger partial charge in [-0.2, -0.15) is 0 Å². The number of nitrogens with zero attached hydrogens (tertiary/aromatic N) is 2. The predicted octanol–water partition coefficient (Wildman–Crippen LogP) is 3.70. The standard InChI is InChI=1S/C20H21ClN2O3S/c1-14-5-6-16(12-22-14)20(24)19(11-17(21)13-23(2)3)15-7-9-18(10-8-15)27(4,25)26/h5-13H,1-4H3/b17-13-,19-11-. The van der Waals surface area contributed by atoms with Crippen molar-refractivity contribution >= 4 is 32.8 Å². The van der Waals surface area contributed by atoms with Gasteiger partial charge in [0, 0.05) is 49.6 Å². The van der Waals surface area contributed by atoms with Crippen molar-refractivity contribution in [1.82, 2.24) is 9.88 Å². The number of halogens is 1. The quantitative estimate of drug-likeness (QED) is 0.417. The summed E-state index contributed by atoms with van der Waals surface area (Å²) in [5, 5.41) is 0.371. The zero-order valence-corrected chi connectivity index (χ0v) is 17.2. The van der Waals surface area contributed by atoms with E-state index < -0.39 is 9.84 Å². The molecule has 5 nitrogen and oxygen atoms in total. The molecule has 0 amide bonds. The van der Waals surface area contributed by atoms with Gasteiger partial charge in [0.2, 0.25) is 0 Å². The number of carbonyl (C=O) groups excluding carboxylic acids is 1.